The Balaban J connectivity index is 0. The Morgan fingerprint density at radius 3 is 1.23 bits per heavy atom. The molecule has 0 aromatic rings. The third-order valence-electron chi connectivity index (χ3n) is 1.98. The molecule has 0 bridgehead atoms. The van der Waals surface area contributed by atoms with Crippen molar-refractivity contribution in [1.82, 2.24) is 0 Å². The summed E-state index contributed by atoms with van der Waals surface area (Å²) in [6, 6.07) is 0. The Bertz CT molecular complexity index is 123. The summed E-state index contributed by atoms with van der Waals surface area (Å²) in [5, 5.41) is 9.42. The topological polar surface area (TPSA) is 29.5 Å². The summed E-state index contributed by atoms with van der Waals surface area (Å²) >= 11 is 0. The largest absolute Gasteiger partial charge is 0.387 e. The quantitative estimate of drug-likeness (QED) is 0.674. The Morgan fingerprint density at radius 1 is 1.00 bits per heavy atom. The minimum absolute atomic E-state index is 0.465. The summed E-state index contributed by atoms with van der Waals surface area (Å²) in [5.74, 6) is 0. The minimum atomic E-state index is -0.776. The Morgan fingerprint density at radius 2 is 1.23 bits per heavy atom. The number of hydrogen-bond acceptors (Lipinski definition) is 2. The second kappa shape index (κ2) is 5.66. The highest BCUT2D eigenvalue weighted by molar-refractivity contribution is 6.54. The summed E-state index contributed by atoms with van der Waals surface area (Å²) in [6.07, 6.45) is 0. The van der Waals surface area contributed by atoms with Crippen LogP contribution in [0, 0.1) is 0 Å². The lowest BCUT2D eigenvalue weighted by Crippen LogP contribution is -2.46. The van der Waals surface area contributed by atoms with Gasteiger partial charge in [-0.25, -0.2) is 0 Å². The lowest BCUT2D eigenvalue weighted by atomic mass is 9.58. The average Bonchev–Trinajstić information content (AvgIpc) is 1.84. The number of methoxy groups -OCH3 is 1. The molecule has 0 aliphatic rings. The SMILES string of the molecule is CB(C)C.COC(C)(C)C(C)(C)O. The first-order valence-electron chi connectivity index (χ1n) is 4.82. The highest BCUT2D eigenvalue weighted by Gasteiger charge is 2.34. The summed E-state index contributed by atoms with van der Waals surface area (Å²) in [4.78, 5) is 0. The van der Waals surface area contributed by atoms with E-state index in [0.717, 1.165) is 6.71 Å². The van der Waals surface area contributed by atoms with E-state index in [-0.39, 0.29) is 0 Å². The van der Waals surface area contributed by atoms with Crippen molar-refractivity contribution in [2.75, 3.05) is 7.11 Å². The van der Waals surface area contributed by atoms with Gasteiger partial charge in [-0.15, -0.1) is 0 Å². The summed E-state index contributed by atoms with van der Waals surface area (Å²) < 4.78 is 5.05. The Kier molecular flexibility index (Phi) is 6.73. The second-order valence-corrected chi connectivity index (χ2v) is 5.01. The number of rotatable bonds is 2. The lowest BCUT2D eigenvalue weighted by molar-refractivity contribution is -0.129. The molecule has 0 aromatic heterocycles. The smallest absolute Gasteiger partial charge is 0.130 e. The monoisotopic (exact) mass is 188 g/mol. The van der Waals surface area contributed by atoms with Crippen molar-refractivity contribution >= 4 is 6.71 Å². The van der Waals surface area contributed by atoms with Crippen LogP contribution in [0.2, 0.25) is 20.5 Å². The molecule has 80 valence electrons. The molecule has 0 aromatic carbocycles. The molecule has 0 unspecified atom stereocenters. The van der Waals surface area contributed by atoms with Crippen LogP contribution in [0.4, 0.5) is 0 Å². The molecule has 0 aliphatic heterocycles. The van der Waals surface area contributed by atoms with E-state index in [1.54, 1.807) is 21.0 Å². The molecule has 0 saturated carbocycles. The van der Waals surface area contributed by atoms with Crippen molar-refractivity contribution in [3.8, 4) is 0 Å². The standard InChI is InChI=1S/C7H16O2.C3H9B/c1-6(2,8)7(3,4)9-5;1-4(2)3/h8H,1-5H3;1-3H3. The van der Waals surface area contributed by atoms with Crippen molar-refractivity contribution in [2.24, 2.45) is 0 Å². The molecule has 13 heavy (non-hydrogen) atoms. The highest BCUT2D eigenvalue weighted by atomic mass is 16.5. The molecule has 0 rings (SSSR count). The molecular weight excluding hydrogens is 163 g/mol. The predicted molar refractivity (Wildman–Crippen MR) is 60.7 cm³/mol. The zero-order valence-corrected chi connectivity index (χ0v) is 10.4. The normalized spacial score (nSPS) is 11.8. The van der Waals surface area contributed by atoms with Gasteiger partial charge in [-0.1, -0.05) is 20.5 Å². The van der Waals surface area contributed by atoms with Crippen molar-refractivity contribution in [2.45, 2.75) is 59.4 Å². The zero-order valence-electron chi connectivity index (χ0n) is 10.4. The summed E-state index contributed by atoms with van der Waals surface area (Å²) in [5.41, 5.74) is -1.24. The molecule has 1 N–H and O–H groups in total. The van der Waals surface area contributed by atoms with Crippen LogP contribution >= 0.6 is 0 Å². The van der Waals surface area contributed by atoms with E-state index in [4.69, 9.17) is 4.74 Å². The molecule has 3 heteroatoms. The fourth-order valence-corrected chi connectivity index (χ4v) is 0.250. The second-order valence-electron chi connectivity index (χ2n) is 5.01. The van der Waals surface area contributed by atoms with E-state index >= 15 is 0 Å². The minimum Gasteiger partial charge on any atom is -0.387 e. The van der Waals surface area contributed by atoms with Gasteiger partial charge in [0.25, 0.3) is 0 Å². The van der Waals surface area contributed by atoms with Crippen LogP contribution in [-0.4, -0.2) is 30.1 Å². The third kappa shape index (κ3) is 8.32. The molecule has 0 heterocycles. The maximum absolute atomic E-state index is 9.42. The molecular formula is C10H25BO2. The predicted octanol–water partition coefficient (Wildman–Crippen LogP) is 2.55. The fraction of sp³-hybridized carbons (Fsp3) is 1.00. The van der Waals surface area contributed by atoms with E-state index in [1.807, 2.05) is 13.8 Å². The van der Waals surface area contributed by atoms with Gasteiger partial charge in [0.05, 0.1) is 11.2 Å². The first kappa shape index (κ1) is 15.5. The summed E-state index contributed by atoms with van der Waals surface area (Å²) in [6.45, 7) is 14.5. The van der Waals surface area contributed by atoms with Crippen LogP contribution in [-0.2, 0) is 4.74 Å². The molecule has 2 nitrogen and oxygen atoms in total. The van der Waals surface area contributed by atoms with Gasteiger partial charge in [-0.2, -0.15) is 0 Å². The van der Waals surface area contributed by atoms with Gasteiger partial charge in [-0.05, 0) is 27.7 Å². The van der Waals surface area contributed by atoms with Crippen LogP contribution in [0.1, 0.15) is 27.7 Å². The van der Waals surface area contributed by atoms with Crippen LogP contribution in [0.3, 0.4) is 0 Å². The van der Waals surface area contributed by atoms with Crippen LogP contribution in [0.15, 0.2) is 0 Å². The van der Waals surface area contributed by atoms with E-state index in [2.05, 4.69) is 20.5 Å². The van der Waals surface area contributed by atoms with Crippen molar-refractivity contribution < 1.29 is 9.84 Å². The van der Waals surface area contributed by atoms with Gasteiger partial charge in [-0.3, -0.25) is 0 Å². The molecule has 0 spiro atoms. The van der Waals surface area contributed by atoms with E-state index in [9.17, 15) is 5.11 Å². The lowest BCUT2D eigenvalue weighted by Gasteiger charge is -2.35. The molecule has 0 radical (unpaired) electrons. The van der Waals surface area contributed by atoms with Gasteiger partial charge >= 0.3 is 0 Å². The maximum atomic E-state index is 9.42. The van der Waals surface area contributed by atoms with E-state index < -0.39 is 11.2 Å². The van der Waals surface area contributed by atoms with Gasteiger partial charge in [0.15, 0.2) is 0 Å². The van der Waals surface area contributed by atoms with Gasteiger partial charge < -0.3 is 9.84 Å². The third-order valence-corrected chi connectivity index (χ3v) is 1.98. The Labute approximate surface area is 83.8 Å². The molecule has 0 amide bonds. The molecule has 0 fully saturated rings. The summed E-state index contributed by atoms with van der Waals surface area (Å²) in [7, 11) is 1.60. The average molecular weight is 188 g/mol. The van der Waals surface area contributed by atoms with E-state index in [0.29, 0.717) is 0 Å². The zero-order chi connectivity index (χ0) is 11.3. The first-order chi connectivity index (χ1) is 5.54. The fourth-order valence-electron chi connectivity index (χ4n) is 0.250. The van der Waals surface area contributed by atoms with Gasteiger partial charge in [0.2, 0.25) is 0 Å². The highest BCUT2D eigenvalue weighted by Crippen LogP contribution is 2.23. The number of hydrogen-bond donors (Lipinski definition) is 1. The number of aliphatic hydroxyl groups is 1. The maximum Gasteiger partial charge on any atom is 0.130 e. The van der Waals surface area contributed by atoms with Crippen LogP contribution in [0.5, 0.6) is 0 Å². The molecule has 0 aliphatic carbocycles. The Hall–Kier alpha value is -0.0151. The van der Waals surface area contributed by atoms with Crippen LogP contribution in [0.25, 0.3) is 0 Å². The van der Waals surface area contributed by atoms with Crippen molar-refractivity contribution in [3.63, 3.8) is 0 Å². The molecule has 0 saturated heterocycles. The van der Waals surface area contributed by atoms with Crippen molar-refractivity contribution in [3.05, 3.63) is 0 Å². The van der Waals surface area contributed by atoms with Gasteiger partial charge in [0.1, 0.15) is 6.71 Å². The van der Waals surface area contributed by atoms with Crippen molar-refractivity contribution in [1.29, 1.82) is 0 Å². The first-order valence-corrected chi connectivity index (χ1v) is 4.82. The van der Waals surface area contributed by atoms with Gasteiger partial charge in [0, 0.05) is 7.11 Å². The molecule has 0 atom stereocenters. The number of ether oxygens (including phenoxy) is 1. The van der Waals surface area contributed by atoms with E-state index in [1.165, 1.54) is 0 Å². The van der Waals surface area contributed by atoms with Crippen LogP contribution < -0.4 is 0 Å².